The van der Waals surface area contributed by atoms with Gasteiger partial charge in [0.25, 0.3) is 0 Å². The highest BCUT2D eigenvalue weighted by molar-refractivity contribution is 7.89. The predicted molar refractivity (Wildman–Crippen MR) is 95.7 cm³/mol. The number of nitrogens with one attached hydrogen (secondary N) is 1. The second-order valence-corrected chi connectivity index (χ2v) is 8.58. The first kappa shape index (κ1) is 18.3. The molecule has 134 valence electrons. The van der Waals surface area contributed by atoms with Crippen LogP contribution >= 0.6 is 11.6 Å². The van der Waals surface area contributed by atoms with E-state index < -0.39 is 10.0 Å². The molecule has 0 unspecified atom stereocenters. The minimum atomic E-state index is -3.57. The number of benzene rings is 2. The number of halogens is 2. The van der Waals surface area contributed by atoms with Gasteiger partial charge in [0.2, 0.25) is 10.0 Å². The molecule has 0 bridgehead atoms. The first-order chi connectivity index (χ1) is 11.9. The van der Waals surface area contributed by atoms with Gasteiger partial charge in [-0.05, 0) is 31.2 Å². The third-order valence-electron chi connectivity index (χ3n) is 4.80. The van der Waals surface area contributed by atoms with Crippen molar-refractivity contribution in [2.24, 2.45) is 0 Å². The first-order valence-electron chi connectivity index (χ1n) is 8.24. The highest BCUT2D eigenvalue weighted by Crippen LogP contribution is 2.24. The lowest BCUT2D eigenvalue weighted by Crippen LogP contribution is -3.14. The molecule has 7 heteroatoms. The van der Waals surface area contributed by atoms with Gasteiger partial charge in [0, 0.05) is 5.56 Å². The SMILES string of the molecule is C[C@@H](c1ccc(F)cc1)[NH+]1CCN(S(=O)(=O)c2ccccc2Cl)CC1. The molecule has 2 aromatic rings. The smallest absolute Gasteiger partial charge is 0.244 e. The molecule has 0 saturated carbocycles. The predicted octanol–water partition coefficient (Wildman–Crippen LogP) is 2.13. The van der Waals surface area contributed by atoms with Crippen molar-refractivity contribution in [3.05, 3.63) is 64.9 Å². The summed E-state index contributed by atoms with van der Waals surface area (Å²) in [5.41, 5.74) is 1.05. The van der Waals surface area contributed by atoms with Crippen molar-refractivity contribution in [1.29, 1.82) is 0 Å². The molecule has 25 heavy (non-hydrogen) atoms. The molecule has 4 nitrogen and oxygen atoms in total. The lowest BCUT2D eigenvalue weighted by molar-refractivity contribution is -0.933. The fourth-order valence-corrected chi connectivity index (χ4v) is 5.16. The van der Waals surface area contributed by atoms with E-state index in [1.54, 1.807) is 30.3 Å². The largest absolute Gasteiger partial charge is 0.327 e. The van der Waals surface area contributed by atoms with Gasteiger partial charge in [-0.2, -0.15) is 4.31 Å². The van der Waals surface area contributed by atoms with E-state index >= 15 is 0 Å². The Hall–Kier alpha value is -1.47. The summed E-state index contributed by atoms with van der Waals surface area (Å²) in [6.07, 6.45) is 0. The Balaban J connectivity index is 1.69. The van der Waals surface area contributed by atoms with Crippen LogP contribution in [0.5, 0.6) is 0 Å². The van der Waals surface area contributed by atoms with Gasteiger partial charge in [0.15, 0.2) is 0 Å². The normalized spacial score (nSPS) is 18.2. The van der Waals surface area contributed by atoms with Crippen LogP contribution in [-0.2, 0) is 10.0 Å². The van der Waals surface area contributed by atoms with E-state index in [1.807, 2.05) is 0 Å². The van der Waals surface area contributed by atoms with Crippen LogP contribution in [0.15, 0.2) is 53.4 Å². The molecule has 1 aliphatic rings. The molecule has 0 amide bonds. The van der Waals surface area contributed by atoms with Crippen molar-refractivity contribution in [1.82, 2.24) is 4.31 Å². The standard InChI is InChI=1S/C18H20ClFN2O2S/c1-14(15-6-8-16(20)9-7-15)21-10-12-22(13-11-21)25(23,24)18-5-3-2-4-17(18)19/h2-9,14H,10-13H2,1H3/p+1/t14-/m0/s1. The van der Waals surface area contributed by atoms with Crippen LogP contribution in [0.3, 0.4) is 0 Å². The summed E-state index contributed by atoms with van der Waals surface area (Å²) in [6.45, 7) is 4.36. The fourth-order valence-electron chi connectivity index (χ4n) is 3.23. The average molecular weight is 384 g/mol. The second-order valence-electron chi connectivity index (χ2n) is 6.27. The van der Waals surface area contributed by atoms with Crippen LogP contribution in [0.4, 0.5) is 4.39 Å². The van der Waals surface area contributed by atoms with Crippen molar-refractivity contribution >= 4 is 21.6 Å². The maximum atomic E-state index is 13.1. The van der Waals surface area contributed by atoms with Crippen LogP contribution in [0, 0.1) is 5.82 Å². The van der Waals surface area contributed by atoms with Gasteiger partial charge in [-0.3, -0.25) is 0 Å². The van der Waals surface area contributed by atoms with Gasteiger partial charge in [-0.1, -0.05) is 35.9 Å². The first-order valence-corrected chi connectivity index (χ1v) is 10.1. The molecule has 1 aliphatic heterocycles. The Labute approximate surface area is 152 Å². The molecule has 1 atom stereocenters. The Morgan fingerprint density at radius 1 is 1.08 bits per heavy atom. The average Bonchev–Trinajstić information content (AvgIpc) is 2.62. The molecular formula is C18H21ClFN2O2S+. The Bertz CT molecular complexity index is 834. The van der Waals surface area contributed by atoms with Gasteiger partial charge >= 0.3 is 0 Å². The Morgan fingerprint density at radius 2 is 1.68 bits per heavy atom. The van der Waals surface area contributed by atoms with Crippen molar-refractivity contribution in [3.8, 4) is 0 Å². The lowest BCUT2D eigenvalue weighted by atomic mass is 10.1. The number of hydrogen-bond acceptors (Lipinski definition) is 2. The van der Waals surface area contributed by atoms with Crippen molar-refractivity contribution in [3.63, 3.8) is 0 Å². The van der Waals surface area contributed by atoms with Gasteiger partial charge in [-0.25, -0.2) is 12.8 Å². The third kappa shape index (κ3) is 3.87. The second kappa shape index (κ2) is 7.41. The zero-order valence-corrected chi connectivity index (χ0v) is 15.5. The van der Waals surface area contributed by atoms with E-state index in [-0.39, 0.29) is 21.8 Å². The molecular weight excluding hydrogens is 363 g/mol. The van der Waals surface area contributed by atoms with E-state index in [4.69, 9.17) is 11.6 Å². The van der Waals surface area contributed by atoms with Crippen LogP contribution in [0.1, 0.15) is 18.5 Å². The summed E-state index contributed by atoms with van der Waals surface area (Å²) in [4.78, 5) is 1.45. The van der Waals surface area contributed by atoms with Crippen molar-refractivity contribution in [2.75, 3.05) is 26.2 Å². The minimum Gasteiger partial charge on any atom is -0.327 e. The van der Waals surface area contributed by atoms with Crippen LogP contribution in [0.25, 0.3) is 0 Å². The number of piperazine rings is 1. The quantitative estimate of drug-likeness (QED) is 0.878. The molecule has 0 spiro atoms. The van der Waals surface area contributed by atoms with Crippen molar-refractivity contribution < 1.29 is 17.7 Å². The summed E-state index contributed by atoms with van der Waals surface area (Å²) in [7, 11) is -3.57. The Kier molecular flexibility index (Phi) is 5.43. The van der Waals surface area contributed by atoms with Gasteiger partial charge < -0.3 is 4.90 Å². The molecule has 3 rings (SSSR count). The summed E-state index contributed by atoms with van der Waals surface area (Å²) in [5, 5.41) is 0.247. The molecule has 1 fully saturated rings. The van der Waals surface area contributed by atoms with Crippen molar-refractivity contribution in [2.45, 2.75) is 17.9 Å². The third-order valence-corrected chi connectivity index (χ3v) is 7.20. The van der Waals surface area contributed by atoms with Crippen LogP contribution < -0.4 is 4.90 Å². The summed E-state index contributed by atoms with van der Waals surface area (Å²) in [6, 6.07) is 13.2. The maximum absolute atomic E-state index is 13.1. The fraction of sp³-hybridized carbons (Fsp3) is 0.333. The number of sulfonamides is 1. The Morgan fingerprint density at radius 3 is 2.28 bits per heavy atom. The highest BCUT2D eigenvalue weighted by atomic mass is 35.5. The lowest BCUT2D eigenvalue weighted by Gasteiger charge is -2.35. The highest BCUT2D eigenvalue weighted by Gasteiger charge is 2.33. The van der Waals surface area contributed by atoms with E-state index in [2.05, 4.69) is 6.92 Å². The summed E-state index contributed by atoms with van der Waals surface area (Å²) >= 11 is 6.06. The molecule has 2 aromatic carbocycles. The van der Waals surface area contributed by atoms with E-state index in [0.29, 0.717) is 26.2 Å². The molecule has 0 radical (unpaired) electrons. The monoisotopic (exact) mass is 383 g/mol. The molecule has 1 heterocycles. The summed E-state index contributed by atoms with van der Waals surface area (Å²) < 4.78 is 40.1. The van der Waals surface area contributed by atoms with E-state index in [9.17, 15) is 12.8 Å². The van der Waals surface area contributed by atoms with E-state index in [0.717, 1.165) is 5.56 Å². The molecule has 1 N–H and O–H groups in total. The van der Waals surface area contributed by atoms with E-state index in [1.165, 1.54) is 27.4 Å². The number of rotatable bonds is 4. The van der Waals surface area contributed by atoms with Gasteiger partial charge in [0.05, 0.1) is 31.2 Å². The molecule has 0 aromatic heterocycles. The zero-order valence-electron chi connectivity index (χ0n) is 14.0. The van der Waals surface area contributed by atoms with Crippen LogP contribution in [0.2, 0.25) is 5.02 Å². The summed E-state index contributed by atoms with van der Waals surface area (Å²) in [5.74, 6) is -0.249. The topological polar surface area (TPSA) is 41.8 Å². The molecule has 0 aliphatic carbocycles. The van der Waals surface area contributed by atoms with Gasteiger partial charge in [-0.15, -0.1) is 0 Å². The maximum Gasteiger partial charge on any atom is 0.244 e. The number of nitrogens with zero attached hydrogens (tertiary/aromatic N) is 1. The number of hydrogen-bond donors (Lipinski definition) is 1. The minimum absolute atomic E-state index is 0.159. The van der Waals surface area contributed by atoms with Gasteiger partial charge in [0.1, 0.15) is 16.8 Å². The molecule has 1 saturated heterocycles. The van der Waals surface area contributed by atoms with Crippen LogP contribution in [-0.4, -0.2) is 38.9 Å². The number of quaternary nitrogens is 1. The zero-order chi connectivity index (χ0) is 18.0.